The van der Waals surface area contributed by atoms with Gasteiger partial charge in [-0.3, -0.25) is 0 Å². The highest BCUT2D eigenvalue weighted by atomic mass is 28.4. The second kappa shape index (κ2) is 12.7. The maximum atomic E-state index is 14.4. The van der Waals surface area contributed by atoms with Crippen LogP contribution in [0.4, 0.5) is 10.3 Å². The molecule has 0 radical (unpaired) electrons. The van der Waals surface area contributed by atoms with E-state index in [1.54, 1.807) is 6.92 Å². The van der Waals surface area contributed by atoms with Gasteiger partial charge < -0.3 is 24.1 Å². The van der Waals surface area contributed by atoms with E-state index in [0.717, 1.165) is 0 Å². The number of nitrogens with zero attached hydrogens (tertiary/aromatic N) is 5. The van der Waals surface area contributed by atoms with Crippen molar-refractivity contribution in [3.63, 3.8) is 0 Å². The summed E-state index contributed by atoms with van der Waals surface area (Å²) < 4.78 is 34.0. The monoisotopic (exact) mass is 604 g/mol. The molecule has 9 nitrogen and oxygen atoms in total. The van der Waals surface area contributed by atoms with Gasteiger partial charge in [-0.15, -0.1) is 0 Å². The molecule has 2 aromatic carbocycles. The van der Waals surface area contributed by atoms with Crippen LogP contribution < -0.4 is 25.3 Å². The van der Waals surface area contributed by atoms with Gasteiger partial charge in [0.05, 0.1) is 31.4 Å². The van der Waals surface area contributed by atoms with Crippen molar-refractivity contribution in [2.75, 3.05) is 37.7 Å². The number of hydrogen-bond acceptors (Lipinski definition) is 9. The minimum absolute atomic E-state index is 0.00489. The van der Waals surface area contributed by atoms with Crippen LogP contribution in [0.3, 0.4) is 0 Å². The van der Waals surface area contributed by atoms with E-state index >= 15 is 0 Å². The van der Waals surface area contributed by atoms with E-state index in [1.165, 1.54) is 10.4 Å². The van der Waals surface area contributed by atoms with E-state index in [9.17, 15) is 9.65 Å². The first kappa shape index (κ1) is 31.0. The molecule has 1 N–H and O–H groups in total. The van der Waals surface area contributed by atoms with E-state index in [4.69, 9.17) is 13.9 Å². The van der Waals surface area contributed by atoms with Crippen molar-refractivity contribution >= 4 is 24.6 Å². The first-order valence-electron chi connectivity index (χ1n) is 14.9. The lowest BCUT2D eigenvalue weighted by Gasteiger charge is -2.48. The third-order valence-electron chi connectivity index (χ3n) is 8.23. The largest absolute Gasteiger partial charge is 0.459 e. The van der Waals surface area contributed by atoms with Crippen LogP contribution in [-0.4, -0.2) is 80.0 Å². The summed E-state index contributed by atoms with van der Waals surface area (Å²) in [4.78, 5) is 15.2. The summed E-state index contributed by atoms with van der Waals surface area (Å²) in [6.07, 6.45) is -1.12. The Bertz CT molecular complexity index is 1380. The highest BCUT2D eigenvalue weighted by molar-refractivity contribution is 6.99. The summed E-state index contributed by atoms with van der Waals surface area (Å²) in [5, 5.41) is 15.0. The molecule has 4 atom stereocenters. The second-order valence-electron chi connectivity index (χ2n) is 12.7. The maximum Gasteiger partial charge on any atom is 0.322 e. The van der Waals surface area contributed by atoms with Crippen molar-refractivity contribution in [1.82, 2.24) is 20.3 Å². The highest BCUT2D eigenvalue weighted by Gasteiger charge is 2.54. The minimum Gasteiger partial charge on any atom is -0.459 e. The van der Waals surface area contributed by atoms with Gasteiger partial charge in [-0.05, 0) is 42.2 Å². The lowest BCUT2D eigenvalue weighted by Crippen LogP contribution is -2.70. The van der Waals surface area contributed by atoms with Crippen molar-refractivity contribution in [3.05, 3.63) is 66.5 Å². The van der Waals surface area contributed by atoms with Gasteiger partial charge in [0.2, 0.25) is 11.8 Å². The van der Waals surface area contributed by atoms with Gasteiger partial charge in [-0.25, -0.2) is 4.39 Å². The van der Waals surface area contributed by atoms with Crippen molar-refractivity contribution in [2.45, 2.75) is 70.0 Å². The molecule has 2 aliphatic heterocycles. The van der Waals surface area contributed by atoms with E-state index in [0.29, 0.717) is 45.2 Å². The molecular formula is C32H41FN6O3Si. The van der Waals surface area contributed by atoms with E-state index in [1.807, 2.05) is 23.1 Å². The Morgan fingerprint density at radius 1 is 1.09 bits per heavy atom. The molecule has 5 rings (SSSR count). The molecule has 11 heteroatoms. The Morgan fingerprint density at radius 3 is 2.30 bits per heavy atom. The predicted molar refractivity (Wildman–Crippen MR) is 166 cm³/mol. The molecule has 2 saturated heterocycles. The average Bonchev–Trinajstić information content (AvgIpc) is 3.33. The molecule has 3 heterocycles. The molecule has 0 unspecified atom stereocenters. The Balaban J connectivity index is 1.50. The van der Waals surface area contributed by atoms with Crippen molar-refractivity contribution in [3.8, 4) is 12.1 Å². The molecule has 0 saturated carbocycles. The summed E-state index contributed by atoms with van der Waals surface area (Å²) in [7, 11) is -2.91. The third-order valence-corrected chi connectivity index (χ3v) is 13.4. The van der Waals surface area contributed by atoms with E-state index in [2.05, 4.69) is 96.5 Å². The Labute approximate surface area is 254 Å². The molecular weight excluding hydrogens is 563 g/mol. The number of ether oxygens (including phenoxy) is 2. The third kappa shape index (κ3) is 6.57. The van der Waals surface area contributed by atoms with Crippen molar-refractivity contribution in [1.29, 1.82) is 5.26 Å². The molecule has 0 aliphatic carbocycles. The topological polar surface area (TPSA) is 105 Å². The van der Waals surface area contributed by atoms with Gasteiger partial charge in [-0.1, -0.05) is 81.4 Å². The smallest absolute Gasteiger partial charge is 0.322 e. The number of benzene rings is 2. The molecule has 3 aromatic rings. The van der Waals surface area contributed by atoms with Gasteiger partial charge in [0.25, 0.3) is 8.32 Å². The molecule has 0 bridgehead atoms. The molecule has 2 fully saturated rings. The van der Waals surface area contributed by atoms with Crippen LogP contribution in [0.1, 0.15) is 46.9 Å². The fourth-order valence-electron chi connectivity index (χ4n) is 6.23. The number of anilines is 1. The summed E-state index contributed by atoms with van der Waals surface area (Å²) in [6, 6.07) is 22.5. The number of alkyl halides is 1. The normalized spacial score (nSPS) is 23.8. The lowest BCUT2D eigenvalue weighted by molar-refractivity contribution is -0.000403. The summed E-state index contributed by atoms with van der Waals surface area (Å²) in [5.74, 6) is 0.232. The van der Waals surface area contributed by atoms with Gasteiger partial charge in [0.15, 0.2) is 0 Å². The number of hydrogen-bond donors (Lipinski definition) is 1. The molecule has 228 valence electrons. The Kier molecular flexibility index (Phi) is 9.13. The standard InChI is InChI=1S/C32H41FN6O3Si/c1-23(28-26(33)16-17-35-28)41-30-37-27(20-34)36-29(38-30)39-18-19-40-22-32(5,21-39)42-43(31(2,3)4,24-12-8-6-9-13-24)25-14-10-7-11-15-25/h6-15,23,26,28,35H,16-19,21-22H2,1-5H3/t23-,26-,28-,32+/m1/s1. The first-order valence-corrected chi connectivity index (χ1v) is 16.8. The van der Waals surface area contributed by atoms with Crippen molar-refractivity contribution in [2.24, 2.45) is 0 Å². The molecule has 0 amide bonds. The Morgan fingerprint density at radius 2 is 1.74 bits per heavy atom. The van der Waals surface area contributed by atoms with Crippen LogP contribution in [-0.2, 0) is 9.16 Å². The first-order chi connectivity index (χ1) is 20.5. The lowest BCUT2D eigenvalue weighted by atomic mass is 10.1. The van der Waals surface area contributed by atoms with Crippen LogP contribution in [0.25, 0.3) is 0 Å². The summed E-state index contributed by atoms with van der Waals surface area (Å²) in [6.45, 7) is 12.9. The molecule has 1 aromatic heterocycles. The van der Waals surface area contributed by atoms with Gasteiger partial charge in [0, 0.05) is 6.54 Å². The number of aromatic nitrogens is 3. The van der Waals surface area contributed by atoms with Crippen LogP contribution in [0.15, 0.2) is 60.7 Å². The van der Waals surface area contributed by atoms with Crippen LogP contribution in [0.2, 0.25) is 5.04 Å². The number of halogens is 1. The van der Waals surface area contributed by atoms with Gasteiger partial charge >= 0.3 is 6.01 Å². The number of rotatable bonds is 8. The fraction of sp³-hybridized carbons (Fsp3) is 0.500. The van der Waals surface area contributed by atoms with Crippen molar-refractivity contribution < 1.29 is 18.3 Å². The SMILES string of the molecule is C[C@@H](Oc1nc(C#N)nc(N2CCOC[C@@](C)(O[Si](c3ccccc3)(c3ccccc3)C(C)(C)C)C2)n1)[C@H]1NCC[C@H]1F. The van der Waals surface area contributed by atoms with E-state index < -0.39 is 32.2 Å². The predicted octanol–water partition coefficient (Wildman–Crippen LogP) is 3.38. The average molecular weight is 605 g/mol. The summed E-state index contributed by atoms with van der Waals surface area (Å²) >= 11 is 0. The molecule has 43 heavy (non-hydrogen) atoms. The fourth-order valence-corrected chi connectivity index (χ4v) is 11.0. The van der Waals surface area contributed by atoms with Crippen LogP contribution in [0, 0.1) is 11.3 Å². The van der Waals surface area contributed by atoms with Gasteiger partial charge in [0.1, 0.15) is 18.3 Å². The minimum atomic E-state index is -2.91. The van der Waals surface area contributed by atoms with Gasteiger partial charge in [-0.2, -0.15) is 20.2 Å². The zero-order chi connectivity index (χ0) is 30.7. The number of nitriles is 1. The second-order valence-corrected chi connectivity index (χ2v) is 16.9. The van der Waals surface area contributed by atoms with Crippen LogP contribution in [0.5, 0.6) is 6.01 Å². The summed E-state index contributed by atoms with van der Waals surface area (Å²) in [5.41, 5.74) is -0.759. The number of nitrogens with one attached hydrogen (secondary N) is 1. The molecule has 2 aliphatic rings. The quantitative estimate of drug-likeness (QED) is 0.388. The highest BCUT2D eigenvalue weighted by Crippen LogP contribution is 2.40. The van der Waals surface area contributed by atoms with E-state index in [-0.39, 0.29) is 16.9 Å². The van der Waals surface area contributed by atoms with Crippen LogP contribution >= 0.6 is 0 Å². The maximum absolute atomic E-state index is 14.4. The molecule has 0 spiro atoms. The Hall–Kier alpha value is -3.43. The zero-order valence-corrected chi connectivity index (χ0v) is 26.6. The zero-order valence-electron chi connectivity index (χ0n) is 25.6.